The van der Waals surface area contributed by atoms with Crippen LogP contribution in [0.25, 0.3) is 0 Å². The number of carbonyl (C=O) groups excluding carboxylic acids is 1. The maximum atomic E-state index is 11.7. The highest BCUT2D eigenvalue weighted by Crippen LogP contribution is 2.26. The Labute approximate surface area is 99.0 Å². The molecule has 88 valence electrons. The summed E-state index contributed by atoms with van der Waals surface area (Å²) in [5.41, 5.74) is -0.445. The maximum absolute atomic E-state index is 11.7. The summed E-state index contributed by atoms with van der Waals surface area (Å²) in [4.78, 5) is 16.6. The molecule has 0 unspecified atom stereocenters. The van der Waals surface area contributed by atoms with Gasteiger partial charge in [-0.25, -0.2) is 9.78 Å². The molecule has 0 spiro atoms. The molecule has 0 radical (unpaired) electrons. The van der Waals surface area contributed by atoms with Gasteiger partial charge in [-0.2, -0.15) is 0 Å². The van der Waals surface area contributed by atoms with Gasteiger partial charge in [0.25, 0.3) is 0 Å². The molecule has 1 aromatic rings. The van der Waals surface area contributed by atoms with E-state index in [4.69, 9.17) is 4.74 Å². The molecule has 0 atom stereocenters. The van der Waals surface area contributed by atoms with Crippen molar-refractivity contribution in [2.24, 2.45) is 0 Å². The highest BCUT2D eigenvalue weighted by Gasteiger charge is 2.25. The van der Waals surface area contributed by atoms with E-state index in [0.29, 0.717) is 10.8 Å². The molecule has 1 N–H and O–H groups in total. The monoisotopic (exact) mass is 240 g/mol. The van der Waals surface area contributed by atoms with Crippen molar-refractivity contribution in [2.45, 2.75) is 32.3 Å². The van der Waals surface area contributed by atoms with Crippen LogP contribution in [-0.4, -0.2) is 29.6 Å². The van der Waals surface area contributed by atoms with Gasteiger partial charge in [-0.15, -0.1) is 11.3 Å². The molecule has 1 aliphatic rings. The third-order valence-corrected chi connectivity index (χ3v) is 3.39. The molecule has 2 heterocycles. The minimum absolute atomic E-state index is 0.275. The van der Waals surface area contributed by atoms with Gasteiger partial charge < -0.3 is 10.1 Å². The Morgan fingerprint density at radius 1 is 1.56 bits per heavy atom. The summed E-state index contributed by atoms with van der Waals surface area (Å²) >= 11 is 1.44. The van der Waals surface area contributed by atoms with E-state index in [1.807, 2.05) is 20.8 Å². The molecular formula is C11H16N2O2S. The number of nitrogens with zero attached hydrogens (tertiary/aromatic N) is 1. The molecule has 2 rings (SSSR count). The average Bonchev–Trinajstić information content (AvgIpc) is 2.46. The van der Waals surface area contributed by atoms with Crippen molar-refractivity contribution in [3.05, 3.63) is 16.1 Å². The second-order valence-electron chi connectivity index (χ2n) is 4.92. The summed E-state index contributed by atoms with van der Waals surface area (Å²) in [5, 5.41) is 4.21. The predicted molar refractivity (Wildman–Crippen MR) is 62.9 cm³/mol. The van der Waals surface area contributed by atoms with Gasteiger partial charge in [0.15, 0.2) is 0 Å². The third-order valence-electron chi connectivity index (χ3n) is 2.25. The lowest BCUT2D eigenvalue weighted by molar-refractivity contribution is 0.00750. The van der Waals surface area contributed by atoms with Gasteiger partial charge in [-0.1, -0.05) is 0 Å². The van der Waals surface area contributed by atoms with Crippen LogP contribution in [-0.2, 0) is 4.74 Å². The largest absolute Gasteiger partial charge is 0.456 e. The highest BCUT2D eigenvalue weighted by atomic mass is 32.1. The lowest BCUT2D eigenvalue weighted by Gasteiger charge is -2.24. The van der Waals surface area contributed by atoms with Crippen LogP contribution >= 0.6 is 11.3 Å². The van der Waals surface area contributed by atoms with Crippen molar-refractivity contribution in [3.8, 4) is 0 Å². The van der Waals surface area contributed by atoms with Gasteiger partial charge in [-0.05, 0) is 20.8 Å². The predicted octanol–water partition coefficient (Wildman–Crippen LogP) is 1.79. The van der Waals surface area contributed by atoms with Gasteiger partial charge in [-0.3, -0.25) is 0 Å². The third kappa shape index (κ3) is 2.59. The normalized spacial score (nSPS) is 16.9. The SMILES string of the molecule is CC(C)(C)OC(=O)c1cnc(C2CNC2)s1. The first-order chi connectivity index (χ1) is 7.46. The van der Waals surface area contributed by atoms with Gasteiger partial charge in [0, 0.05) is 19.0 Å². The molecule has 1 aliphatic heterocycles. The van der Waals surface area contributed by atoms with Crippen LogP contribution in [0.2, 0.25) is 0 Å². The molecule has 4 nitrogen and oxygen atoms in total. The first kappa shape index (κ1) is 11.5. The van der Waals surface area contributed by atoms with E-state index in [0.717, 1.165) is 18.1 Å². The van der Waals surface area contributed by atoms with Gasteiger partial charge >= 0.3 is 5.97 Å². The van der Waals surface area contributed by atoms with E-state index in [2.05, 4.69) is 10.3 Å². The van der Waals surface area contributed by atoms with Gasteiger partial charge in [0.1, 0.15) is 10.5 Å². The first-order valence-electron chi connectivity index (χ1n) is 5.35. The van der Waals surface area contributed by atoms with E-state index in [1.165, 1.54) is 11.3 Å². The number of carbonyl (C=O) groups is 1. The summed E-state index contributed by atoms with van der Waals surface area (Å²) in [6.07, 6.45) is 1.62. The minimum atomic E-state index is -0.445. The van der Waals surface area contributed by atoms with Crippen LogP contribution in [0.1, 0.15) is 41.4 Å². The van der Waals surface area contributed by atoms with Crippen LogP contribution in [0.4, 0.5) is 0 Å². The molecule has 0 bridgehead atoms. The van der Waals surface area contributed by atoms with Crippen molar-refractivity contribution in [3.63, 3.8) is 0 Å². The number of aromatic nitrogens is 1. The summed E-state index contributed by atoms with van der Waals surface area (Å²) in [5.74, 6) is 0.199. The zero-order chi connectivity index (χ0) is 11.8. The average molecular weight is 240 g/mol. The molecule has 1 aromatic heterocycles. The quantitative estimate of drug-likeness (QED) is 0.801. The van der Waals surface area contributed by atoms with Crippen LogP contribution in [0, 0.1) is 0 Å². The van der Waals surface area contributed by atoms with Crippen molar-refractivity contribution in [2.75, 3.05) is 13.1 Å². The summed E-state index contributed by atoms with van der Waals surface area (Å²) in [7, 11) is 0. The number of hydrogen-bond donors (Lipinski definition) is 1. The van der Waals surface area contributed by atoms with Crippen LogP contribution in [0.3, 0.4) is 0 Å². The summed E-state index contributed by atoms with van der Waals surface area (Å²) in [6, 6.07) is 0. The van der Waals surface area contributed by atoms with E-state index in [-0.39, 0.29) is 5.97 Å². The lowest BCUT2D eigenvalue weighted by Crippen LogP contribution is -2.39. The Hall–Kier alpha value is -0.940. The minimum Gasteiger partial charge on any atom is -0.456 e. The lowest BCUT2D eigenvalue weighted by atomic mass is 10.1. The number of ether oxygens (including phenoxy) is 1. The van der Waals surface area contributed by atoms with Crippen molar-refractivity contribution in [1.82, 2.24) is 10.3 Å². The van der Waals surface area contributed by atoms with E-state index in [9.17, 15) is 4.79 Å². The Balaban J connectivity index is 2.03. The topological polar surface area (TPSA) is 51.2 Å². The second-order valence-corrected chi connectivity index (χ2v) is 5.98. The number of esters is 1. The van der Waals surface area contributed by atoms with E-state index in [1.54, 1.807) is 6.20 Å². The molecular weight excluding hydrogens is 224 g/mol. The summed E-state index contributed by atoms with van der Waals surface area (Å²) < 4.78 is 5.28. The van der Waals surface area contributed by atoms with Crippen LogP contribution in [0.5, 0.6) is 0 Å². The van der Waals surface area contributed by atoms with Crippen molar-refractivity contribution < 1.29 is 9.53 Å². The van der Waals surface area contributed by atoms with Crippen molar-refractivity contribution >= 4 is 17.3 Å². The molecule has 16 heavy (non-hydrogen) atoms. The van der Waals surface area contributed by atoms with Crippen LogP contribution in [0.15, 0.2) is 6.20 Å². The molecule has 0 amide bonds. The Morgan fingerprint density at radius 3 is 2.75 bits per heavy atom. The molecule has 0 aliphatic carbocycles. The Kier molecular flexibility index (Phi) is 2.99. The summed E-state index contributed by atoms with van der Waals surface area (Å²) in [6.45, 7) is 7.51. The Morgan fingerprint density at radius 2 is 2.25 bits per heavy atom. The standard InChI is InChI=1S/C11H16N2O2S/c1-11(2,3)15-10(14)8-6-13-9(16-8)7-4-12-5-7/h6-7,12H,4-5H2,1-3H3. The van der Waals surface area contributed by atoms with E-state index >= 15 is 0 Å². The molecule has 1 fully saturated rings. The van der Waals surface area contributed by atoms with Crippen LogP contribution < -0.4 is 5.32 Å². The fraction of sp³-hybridized carbons (Fsp3) is 0.636. The van der Waals surface area contributed by atoms with E-state index < -0.39 is 5.60 Å². The fourth-order valence-corrected chi connectivity index (χ4v) is 2.26. The van der Waals surface area contributed by atoms with Gasteiger partial charge in [0.2, 0.25) is 0 Å². The first-order valence-corrected chi connectivity index (χ1v) is 6.17. The molecule has 0 aromatic carbocycles. The number of nitrogens with one attached hydrogen (secondary N) is 1. The number of hydrogen-bond acceptors (Lipinski definition) is 5. The zero-order valence-corrected chi connectivity index (χ0v) is 10.6. The zero-order valence-electron chi connectivity index (χ0n) is 9.74. The van der Waals surface area contributed by atoms with Gasteiger partial charge in [0.05, 0.1) is 11.2 Å². The maximum Gasteiger partial charge on any atom is 0.350 e. The number of rotatable bonds is 2. The molecule has 1 saturated heterocycles. The second kappa shape index (κ2) is 4.14. The smallest absolute Gasteiger partial charge is 0.350 e. The molecule has 0 saturated carbocycles. The van der Waals surface area contributed by atoms with Crippen molar-refractivity contribution in [1.29, 1.82) is 0 Å². The molecule has 5 heteroatoms. The highest BCUT2D eigenvalue weighted by molar-refractivity contribution is 7.13. The number of thiazole rings is 1. The Bertz CT molecular complexity index is 391. The fourth-order valence-electron chi connectivity index (χ4n) is 1.36.